The average molecular weight is 1150 g/mol. The summed E-state index contributed by atoms with van der Waals surface area (Å²) in [6, 6.07) is 55.1. The van der Waals surface area contributed by atoms with E-state index in [1.807, 2.05) is 24.4 Å². The number of hydrogen-bond acceptors (Lipinski definition) is 5. The van der Waals surface area contributed by atoms with Crippen molar-refractivity contribution in [3.63, 3.8) is 0 Å². The van der Waals surface area contributed by atoms with Crippen molar-refractivity contribution in [2.24, 2.45) is 0 Å². The summed E-state index contributed by atoms with van der Waals surface area (Å²) in [6.07, 6.45) is 8.94. The second-order valence-electron chi connectivity index (χ2n) is 24.0. The fraction of sp³-hybridized carbons (Fsp3) is 0.242. The van der Waals surface area contributed by atoms with Gasteiger partial charge in [-0.3, -0.25) is 0 Å². The number of ether oxygens (including phenoxy) is 1. The number of anilines is 3. The van der Waals surface area contributed by atoms with Crippen molar-refractivity contribution in [2.45, 2.75) is 105 Å². The van der Waals surface area contributed by atoms with Gasteiger partial charge in [0.25, 0.3) is 0 Å². The van der Waals surface area contributed by atoms with E-state index in [4.69, 9.17) is 9.72 Å². The molecule has 3 aliphatic rings. The molecule has 0 atom stereocenters. The molecule has 0 aliphatic carbocycles. The third-order valence-electron chi connectivity index (χ3n) is 14.5. The molecule has 0 amide bonds. The number of para-hydroxylation sites is 3. The van der Waals surface area contributed by atoms with E-state index >= 15 is 0 Å². The SMILES string of the molecule is CC(C)(C)c1cc(C2=CN3B(C=C2)C=CC(c2ccccc2C(C)(C)C)=C3N2[CH-]N(c3[c-]c(Oc4[c-]c5c(cc4)c4ccccc4n5-c4cc(C(C)(C)C)ccn4)ccc3)c3ccccc32)cc(C(C)(C)C)c1.[Pt]. The van der Waals surface area contributed by atoms with Gasteiger partial charge in [0.2, 0.25) is 0 Å². The summed E-state index contributed by atoms with van der Waals surface area (Å²) in [6.45, 7) is 29.7. The first-order valence-electron chi connectivity index (χ1n) is 25.7. The van der Waals surface area contributed by atoms with Crippen LogP contribution in [-0.4, -0.2) is 21.2 Å². The normalized spacial score (nSPS) is 14.9. The molecule has 2 aromatic heterocycles. The predicted octanol–water partition coefficient (Wildman–Crippen LogP) is 16.8. The third kappa shape index (κ3) is 9.38. The Kier molecular flexibility index (Phi) is 12.9. The van der Waals surface area contributed by atoms with E-state index in [0.717, 1.165) is 56.1 Å². The minimum Gasteiger partial charge on any atom is -0.509 e. The molecule has 0 spiro atoms. The minimum atomic E-state index is -0.0975. The van der Waals surface area contributed by atoms with Gasteiger partial charge in [0.15, 0.2) is 0 Å². The van der Waals surface area contributed by atoms with Crippen molar-refractivity contribution in [1.29, 1.82) is 0 Å². The number of fused-ring (bicyclic) bond motifs is 5. The zero-order valence-electron chi connectivity index (χ0n) is 44.8. The standard InChI is InChI=1S/C66H65BN5O.Pt/c1-63(2,3)46-32-35-68-61(39-46)72-57-25-16-14-23-53(57)54-29-28-51(41-60(54)72)73-50-21-19-20-49(40-50)69-43-70(59-27-18-17-26-58(59)69)62-55(52-22-13-15-24-56(52)66(10,11)12)31-34-67-33-30-44(42-71(62)67)45-36-47(64(4,5)6)38-48(37-45)65(7,8)9;/h13-39,42-43H,1-12H3;/q-3;. The molecule has 0 bridgehead atoms. The van der Waals surface area contributed by atoms with Crippen LogP contribution in [0, 0.1) is 18.8 Å². The fourth-order valence-electron chi connectivity index (χ4n) is 10.4. The van der Waals surface area contributed by atoms with Crippen molar-refractivity contribution >= 4 is 56.9 Å². The zero-order chi connectivity index (χ0) is 51.2. The van der Waals surface area contributed by atoms with Crippen molar-refractivity contribution in [2.75, 3.05) is 9.80 Å². The van der Waals surface area contributed by atoms with Crippen LogP contribution in [0.15, 0.2) is 176 Å². The largest absolute Gasteiger partial charge is 0.509 e. The maximum absolute atomic E-state index is 6.74. The summed E-state index contributed by atoms with van der Waals surface area (Å²) in [7, 11) is 0. The van der Waals surface area contributed by atoms with Crippen molar-refractivity contribution < 1.29 is 25.8 Å². The van der Waals surface area contributed by atoms with Crippen LogP contribution >= 0.6 is 0 Å². The molecule has 74 heavy (non-hydrogen) atoms. The van der Waals surface area contributed by atoms with Gasteiger partial charge in [-0.1, -0.05) is 186 Å². The molecule has 376 valence electrons. The summed E-state index contributed by atoms with van der Waals surface area (Å²) >= 11 is 0. The van der Waals surface area contributed by atoms with Crippen LogP contribution in [0.2, 0.25) is 0 Å². The van der Waals surface area contributed by atoms with E-state index in [0.29, 0.717) is 11.5 Å². The van der Waals surface area contributed by atoms with Crippen LogP contribution in [0.25, 0.3) is 38.8 Å². The summed E-state index contributed by atoms with van der Waals surface area (Å²) in [5.74, 6) is 7.81. The van der Waals surface area contributed by atoms with Crippen LogP contribution in [0.4, 0.5) is 17.1 Å². The van der Waals surface area contributed by atoms with Crippen LogP contribution in [-0.2, 0) is 42.7 Å². The van der Waals surface area contributed by atoms with Crippen LogP contribution < -0.4 is 14.5 Å². The van der Waals surface area contributed by atoms with E-state index in [-0.39, 0.29) is 49.6 Å². The third-order valence-corrected chi connectivity index (χ3v) is 14.5. The number of hydrogen-bond donors (Lipinski definition) is 0. The number of benzene rings is 6. The summed E-state index contributed by atoms with van der Waals surface area (Å²) in [5.41, 5.74) is 14.7. The monoisotopic (exact) mass is 1150 g/mol. The molecular weight excluding hydrogens is 1080 g/mol. The van der Waals surface area contributed by atoms with E-state index in [1.165, 1.54) is 39.0 Å². The van der Waals surface area contributed by atoms with E-state index in [1.54, 1.807) is 0 Å². The Labute approximate surface area is 454 Å². The number of aromatic nitrogens is 2. The predicted molar refractivity (Wildman–Crippen MR) is 307 cm³/mol. The van der Waals surface area contributed by atoms with Crippen molar-refractivity contribution in [1.82, 2.24) is 14.4 Å². The van der Waals surface area contributed by atoms with Gasteiger partial charge < -0.3 is 23.9 Å². The van der Waals surface area contributed by atoms with Crippen molar-refractivity contribution in [3.05, 3.63) is 228 Å². The molecule has 6 nitrogen and oxygen atoms in total. The van der Waals surface area contributed by atoms with Gasteiger partial charge in [0.05, 0.1) is 5.82 Å². The van der Waals surface area contributed by atoms with E-state index < -0.39 is 0 Å². The molecule has 0 fully saturated rings. The Morgan fingerprint density at radius 1 is 0.568 bits per heavy atom. The molecular formula is C66H65BN5OPt-3. The fourth-order valence-corrected chi connectivity index (χ4v) is 10.4. The maximum atomic E-state index is 6.74. The number of nitrogens with zero attached hydrogens (tertiary/aromatic N) is 5. The molecule has 5 heterocycles. The smallest absolute Gasteiger partial charge is 0.314 e. The maximum Gasteiger partial charge on any atom is 0.314 e. The molecule has 0 radical (unpaired) electrons. The minimum absolute atomic E-state index is 0. The van der Waals surface area contributed by atoms with Gasteiger partial charge in [-0.2, -0.15) is 12.1 Å². The van der Waals surface area contributed by atoms with Gasteiger partial charge in [0, 0.05) is 67.4 Å². The number of allylic oxidation sites excluding steroid dienone is 4. The van der Waals surface area contributed by atoms with Gasteiger partial charge in [0.1, 0.15) is 5.82 Å². The topological polar surface area (TPSA) is 36.8 Å². The average Bonchev–Trinajstić information content (AvgIpc) is 3.91. The first-order valence-corrected chi connectivity index (χ1v) is 25.7. The molecule has 0 saturated carbocycles. The Morgan fingerprint density at radius 2 is 1.22 bits per heavy atom. The van der Waals surface area contributed by atoms with Crippen LogP contribution in [0.1, 0.15) is 116 Å². The van der Waals surface area contributed by atoms with Crippen LogP contribution in [0.3, 0.4) is 0 Å². The molecule has 11 rings (SSSR count). The van der Waals surface area contributed by atoms with Gasteiger partial charge in [-0.25, -0.2) is 4.98 Å². The van der Waals surface area contributed by atoms with Crippen molar-refractivity contribution in [3.8, 4) is 17.3 Å². The summed E-state index contributed by atoms with van der Waals surface area (Å²) in [4.78, 5) is 12.0. The molecule has 8 heteroatoms. The Balaban J connectivity index is 0.00000626. The number of rotatable bonds is 7. The Hall–Kier alpha value is -6.82. The Morgan fingerprint density at radius 3 is 1.93 bits per heavy atom. The summed E-state index contributed by atoms with van der Waals surface area (Å²) in [5, 5.41) is 2.23. The first kappa shape index (κ1) is 50.7. The number of pyridine rings is 1. The summed E-state index contributed by atoms with van der Waals surface area (Å²) < 4.78 is 8.95. The Bertz CT molecular complexity index is 3570. The van der Waals surface area contributed by atoms with E-state index in [2.05, 4.69) is 267 Å². The molecule has 3 aliphatic heterocycles. The first-order chi connectivity index (χ1) is 34.7. The van der Waals surface area contributed by atoms with Gasteiger partial charge in [-0.15, -0.1) is 48.1 Å². The molecule has 8 aromatic rings. The van der Waals surface area contributed by atoms with Crippen LogP contribution in [0.5, 0.6) is 11.5 Å². The van der Waals surface area contributed by atoms with E-state index in [9.17, 15) is 0 Å². The molecule has 0 saturated heterocycles. The molecule has 0 unspecified atom stereocenters. The van der Waals surface area contributed by atoms with Gasteiger partial charge >= 0.3 is 6.85 Å². The second kappa shape index (κ2) is 18.8. The second-order valence-corrected chi connectivity index (χ2v) is 24.0. The molecule has 6 aromatic carbocycles. The quantitative estimate of drug-likeness (QED) is 0.117. The molecule has 0 N–H and O–H groups in total. The zero-order valence-corrected chi connectivity index (χ0v) is 47.1. The van der Waals surface area contributed by atoms with Gasteiger partial charge in [-0.05, 0) is 96.3 Å².